The van der Waals surface area contributed by atoms with Crippen molar-refractivity contribution in [1.82, 2.24) is 29.9 Å². The number of aromatic nitrogens is 6. The van der Waals surface area contributed by atoms with Crippen molar-refractivity contribution in [2.24, 2.45) is 23.7 Å². The van der Waals surface area contributed by atoms with Gasteiger partial charge in [0.1, 0.15) is 23.3 Å². The first-order valence-electron chi connectivity index (χ1n) is 17.8. The molecule has 0 aliphatic heterocycles. The second kappa shape index (κ2) is 15.0. The highest BCUT2D eigenvalue weighted by molar-refractivity contribution is 6.39. The molecular weight excluding hydrogens is 751 g/mol. The summed E-state index contributed by atoms with van der Waals surface area (Å²) in [4.78, 5) is 52.9. The van der Waals surface area contributed by atoms with E-state index in [1.807, 2.05) is 19.1 Å². The summed E-state index contributed by atoms with van der Waals surface area (Å²) < 4.78 is 0. The van der Waals surface area contributed by atoms with Gasteiger partial charge in [-0.25, -0.2) is 19.9 Å². The molecule has 0 radical (unpaired) electrons. The van der Waals surface area contributed by atoms with Crippen LogP contribution in [-0.4, -0.2) is 41.7 Å². The number of rotatable bonds is 11. The minimum absolute atomic E-state index is 0.0531. The van der Waals surface area contributed by atoms with E-state index in [2.05, 4.69) is 53.0 Å². The molecule has 6 aromatic heterocycles. The molecule has 0 saturated heterocycles. The molecule has 14 nitrogen and oxygen atoms in total. The predicted molar refractivity (Wildman–Crippen MR) is 213 cm³/mol. The zero-order valence-corrected chi connectivity index (χ0v) is 31.4. The maximum Gasteiger partial charge on any atom is 0.228 e. The van der Waals surface area contributed by atoms with E-state index in [4.69, 9.17) is 44.4 Å². The summed E-state index contributed by atoms with van der Waals surface area (Å²) in [7, 11) is 0. The smallest absolute Gasteiger partial charge is 0.228 e. The number of hydrogen-bond donors (Lipinski definition) is 4. The van der Waals surface area contributed by atoms with Crippen molar-refractivity contribution in [3.8, 4) is 34.7 Å². The number of halogens is 2. The Balaban J connectivity index is 1.12. The number of nitrogens with two attached hydrogens (primary N) is 1. The van der Waals surface area contributed by atoms with Gasteiger partial charge in [0.05, 0.1) is 33.6 Å². The summed E-state index contributed by atoms with van der Waals surface area (Å²) in [6, 6.07) is 11.3. The molecular formula is C40H32Cl2N12O2. The first-order valence-corrected chi connectivity index (χ1v) is 18.6. The third-order valence-electron chi connectivity index (χ3n) is 10.3. The lowest BCUT2D eigenvalue weighted by Crippen LogP contribution is -2.15. The van der Waals surface area contributed by atoms with Crippen LogP contribution in [0.25, 0.3) is 44.1 Å². The lowest BCUT2D eigenvalue weighted by atomic mass is 10.0. The Morgan fingerprint density at radius 3 is 1.95 bits per heavy atom. The number of pyridine rings is 6. The monoisotopic (exact) mass is 782 g/mol. The summed E-state index contributed by atoms with van der Waals surface area (Å²) in [5.74, 6) is 0.592. The standard InChI is InChI=1S/C40H32Cl2N12O2/c1-19-4-8-46-15-27(19)35-34(42)26-13-32(52-40(56)24-11-21(24)3-7-44)49-18-30(26)38(54-35)50-14-22-5-9-47-16-28(22)36-33(41)25-12-31(48-17-29(25)37(45)53-36)51-39(55)23-10-20(23)2-6-43/h4-5,8-9,12-13,15-18,20-21,23-24H,2-3,10-11,14H2,1H3,(H2,45,53)(H,50,54)(H,48,51,55)(H,49,52,56)/t20-,21+,23-,24+/m1/s1. The average Bonchev–Trinajstić information content (AvgIpc) is 4.14. The van der Waals surface area contributed by atoms with Crippen LogP contribution in [-0.2, 0) is 16.1 Å². The van der Waals surface area contributed by atoms with Gasteiger partial charge < -0.3 is 21.7 Å². The summed E-state index contributed by atoms with van der Waals surface area (Å²) in [5.41, 5.74) is 10.4. The van der Waals surface area contributed by atoms with Gasteiger partial charge in [0.15, 0.2) is 0 Å². The van der Waals surface area contributed by atoms with Gasteiger partial charge in [-0.3, -0.25) is 19.6 Å². The van der Waals surface area contributed by atoms with Crippen molar-refractivity contribution in [3.63, 3.8) is 0 Å². The number of carbonyl (C=O) groups is 2. The largest absolute Gasteiger partial charge is 0.383 e. The van der Waals surface area contributed by atoms with Gasteiger partial charge >= 0.3 is 0 Å². The molecule has 2 aliphatic rings. The molecule has 2 saturated carbocycles. The molecule has 0 spiro atoms. The van der Waals surface area contributed by atoms with Crippen molar-refractivity contribution in [3.05, 3.63) is 82.6 Å². The van der Waals surface area contributed by atoms with E-state index >= 15 is 0 Å². The number of anilines is 4. The number of fused-ring (bicyclic) bond motifs is 2. The number of nitrogens with zero attached hydrogens (tertiary/aromatic N) is 8. The molecule has 0 unspecified atom stereocenters. The molecule has 16 heteroatoms. The fraction of sp³-hybridized carbons (Fsp3) is 0.250. The molecule has 56 heavy (non-hydrogen) atoms. The van der Waals surface area contributed by atoms with Crippen molar-refractivity contribution < 1.29 is 9.59 Å². The van der Waals surface area contributed by atoms with Crippen LogP contribution in [0.3, 0.4) is 0 Å². The maximum atomic E-state index is 12.9. The Hall–Kier alpha value is -6.48. The number of amides is 2. The lowest BCUT2D eigenvalue weighted by molar-refractivity contribution is -0.118. The third kappa shape index (κ3) is 7.08. The summed E-state index contributed by atoms with van der Waals surface area (Å²) in [5, 5.41) is 30.2. The Kier molecular flexibility index (Phi) is 9.76. The minimum Gasteiger partial charge on any atom is -0.383 e. The van der Waals surface area contributed by atoms with Crippen LogP contribution in [0.4, 0.5) is 23.3 Å². The van der Waals surface area contributed by atoms with Crippen molar-refractivity contribution in [1.29, 1.82) is 10.5 Å². The summed E-state index contributed by atoms with van der Waals surface area (Å²) in [6.07, 6.45) is 11.8. The number of nitrogens with one attached hydrogen (secondary N) is 3. The zero-order chi connectivity index (χ0) is 39.1. The van der Waals surface area contributed by atoms with Gasteiger partial charge in [0.2, 0.25) is 11.8 Å². The fourth-order valence-corrected chi connectivity index (χ4v) is 7.54. The molecule has 6 aromatic rings. The van der Waals surface area contributed by atoms with E-state index in [0.717, 1.165) is 16.7 Å². The molecule has 6 heterocycles. The van der Waals surface area contributed by atoms with Crippen molar-refractivity contribution in [2.45, 2.75) is 39.2 Å². The van der Waals surface area contributed by atoms with Crippen LogP contribution < -0.4 is 21.7 Å². The highest BCUT2D eigenvalue weighted by Gasteiger charge is 2.43. The molecule has 2 amide bonds. The minimum atomic E-state index is -0.225. The number of nitriles is 2. The first-order chi connectivity index (χ1) is 27.1. The molecule has 278 valence electrons. The highest BCUT2D eigenvalue weighted by Crippen LogP contribution is 2.44. The topological polar surface area (TPSA) is 221 Å². The van der Waals surface area contributed by atoms with Gasteiger partial charge in [-0.05, 0) is 67.0 Å². The van der Waals surface area contributed by atoms with E-state index in [1.54, 1.807) is 43.1 Å². The number of carbonyl (C=O) groups excluding carboxylic acids is 2. The third-order valence-corrected chi connectivity index (χ3v) is 11.1. The lowest BCUT2D eigenvalue weighted by Gasteiger charge is -2.17. The van der Waals surface area contributed by atoms with Crippen LogP contribution >= 0.6 is 23.2 Å². The van der Waals surface area contributed by atoms with Gasteiger partial charge in [-0.1, -0.05) is 23.2 Å². The van der Waals surface area contributed by atoms with E-state index in [9.17, 15) is 9.59 Å². The van der Waals surface area contributed by atoms with Gasteiger partial charge in [-0.15, -0.1) is 0 Å². The van der Waals surface area contributed by atoms with Crippen LogP contribution in [0, 0.1) is 53.3 Å². The Morgan fingerprint density at radius 2 is 1.34 bits per heavy atom. The fourth-order valence-electron chi connectivity index (χ4n) is 6.94. The van der Waals surface area contributed by atoms with Crippen LogP contribution in [0.15, 0.2) is 61.4 Å². The van der Waals surface area contributed by atoms with E-state index in [-0.39, 0.29) is 47.8 Å². The second-order valence-corrected chi connectivity index (χ2v) is 14.8. The molecule has 4 atom stereocenters. The van der Waals surface area contributed by atoms with Gasteiger partial charge in [0, 0.05) is 101 Å². The molecule has 2 aliphatic carbocycles. The van der Waals surface area contributed by atoms with Crippen molar-refractivity contribution >= 4 is 79.8 Å². The van der Waals surface area contributed by atoms with Crippen LogP contribution in [0.5, 0.6) is 0 Å². The van der Waals surface area contributed by atoms with Crippen LogP contribution in [0.2, 0.25) is 10.0 Å². The highest BCUT2D eigenvalue weighted by atomic mass is 35.5. The molecule has 8 rings (SSSR count). The zero-order valence-electron chi connectivity index (χ0n) is 29.8. The molecule has 5 N–H and O–H groups in total. The second-order valence-electron chi connectivity index (χ2n) is 14.0. The maximum absolute atomic E-state index is 12.9. The summed E-state index contributed by atoms with van der Waals surface area (Å²) >= 11 is 14.1. The number of hydrogen-bond acceptors (Lipinski definition) is 12. The average molecular weight is 784 g/mol. The molecule has 0 aromatic carbocycles. The quantitative estimate of drug-likeness (QED) is 0.100. The Bertz CT molecular complexity index is 2680. The molecule has 0 bridgehead atoms. The van der Waals surface area contributed by atoms with Crippen molar-refractivity contribution in [2.75, 3.05) is 21.7 Å². The number of aryl methyl sites for hydroxylation is 1. The summed E-state index contributed by atoms with van der Waals surface area (Å²) in [6.45, 7) is 2.19. The SMILES string of the molecule is Cc1ccncc1-c1nc(NCc2ccncc2-c2nc(N)c3cnc(NC(=O)[C@@H]4C[C@H]4CC#N)cc3c2Cl)c2cnc(NC(=O)[C@H]3C[C@@H]3CC#N)cc2c1Cl. The normalized spacial score (nSPS) is 18.2. The van der Waals surface area contributed by atoms with Crippen LogP contribution in [0.1, 0.15) is 36.8 Å². The predicted octanol–water partition coefficient (Wildman–Crippen LogP) is 7.48. The van der Waals surface area contributed by atoms with Gasteiger partial charge in [0.25, 0.3) is 0 Å². The Morgan fingerprint density at radius 1 is 0.786 bits per heavy atom. The van der Waals surface area contributed by atoms with E-state index in [0.29, 0.717) is 91.7 Å². The number of nitrogen functional groups attached to an aromatic ring is 1. The first kappa shape index (κ1) is 36.5. The van der Waals surface area contributed by atoms with E-state index < -0.39 is 0 Å². The van der Waals surface area contributed by atoms with E-state index in [1.165, 1.54) is 6.20 Å². The van der Waals surface area contributed by atoms with Gasteiger partial charge in [-0.2, -0.15) is 10.5 Å². The molecule has 2 fully saturated rings. The Labute approximate surface area is 330 Å².